The van der Waals surface area contributed by atoms with Gasteiger partial charge in [0.1, 0.15) is 0 Å². The Hall–Kier alpha value is -0.790. The Morgan fingerprint density at radius 3 is 2.48 bits per heavy atom. The number of rotatable bonds is 4. The van der Waals surface area contributed by atoms with Gasteiger partial charge in [0, 0.05) is 8.59 Å². The fraction of sp³-hybridized carbons (Fsp3) is 0.200. The molecule has 1 N–H and O–H groups in total. The highest BCUT2D eigenvalue weighted by Crippen LogP contribution is 2.26. The van der Waals surface area contributed by atoms with Gasteiger partial charge in [-0.05, 0) is 64.4 Å². The van der Waals surface area contributed by atoms with Crippen LogP contribution in [0, 0.1) is 3.57 Å². The van der Waals surface area contributed by atoms with Crippen molar-refractivity contribution in [1.82, 2.24) is 0 Å². The van der Waals surface area contributed by atoms with Gasteiger partial charge in [-0.3, -0.25) is 4.72 Å². The van der Waals surface area contributed by atoms with E-state index >= 15 is 0 Å². The molecule has 0 heterocycles. The smallest absolute Gasteiger partial charge is 0.261 e. The largest absolute Gasteiger partial charge is 0.279 e. The Labute approximate surface area is 143 Å². The molecule has 0 atom stereocenters. The molecule has 0 saturated heterocycles. The van der Waals surface area contributed by atoms with Crippen LogP contribution in [0.2, 0.25) is 5.02 Å². The monoisotopic (exact) mass is 435 g/mol. The van der Waals surface area contributed by atoms with Crippen molar-refractivity contribution in [3.8, 4) is 0 Å². The number of nitrogens with one attached hydrogen (secondary N) is 1. The molecular weight excluding hydrogens is 421 g/mol. The summed E-state index contributed by atoms with van der Waals surface area (Å²) in [5, 5.41) is 0.573. The van der Waals surface area contributed by atoms with Crippen LogP contribution in [0.25, 0.3) is 0 Å². The van der Waals surface area contributed by atoms with Crippen LogP contribution in [0.1, 0.15) is 25.3 Å². The minimum Gasteiger partial charge on any atom is -0.279 e. The molecule has 0 aromatic heterocycles. The lowest BCUT2D eigenvalue weighted by atomic mass is 10.0. The Balaban J connectivity index is 2.36. The second-order valence-corrected chi connectivity index (χ2v) is 8.24. The molecule has 0 aliphatic carbocycles. The van der Waals surface area contributed by atoms with E-state index in [2.05, 4.69) is 27.3 Å². The van der Waals surface area contributed by atoms with Crippen molar-refractivity contribution in [2.75, 3.05) is 4.72 Å². The highest BCUT2D eigenvalue weighted by atomic mass is 127. The summed E-state index contributed by atoms with van der Waals surface area (Å²) in [6.07, 6.45) is 0. The standard InChI is InChI=1S/C15H15ClINO2S/c1-10(2)11-4-3-5-13(8-11)21(19,20)18-15-7-6-12(16)9-14(15)17/h3-10,18H,1-2H3. The van der Waals surface area contributed by atoms with Crippen LogP contribution < -0.4 is 4.72 Å². The van der Waals surface area contributed by atoms with Crippen molar-refractivity contribution < 1.29 is 8.42 Å². The molecule has 0 aliphatic heterocycles. The third-order valence-electron chi connectivity index (χ3n) is 3.01. The number of anilines is 1. The minimum atomic E-state index is -3.60. The van der Waals surface area contributed by atoms with Gasteiger partial charge < -0.3 is 0 Å². The summed E-state index contributed by atoms with van der Waals surface area (Å²) in [7, 11) is -3.60. The normalized spacial score (nSPS) is 11.7. The summed E-state index contributed by atoms with van der Waals surface area (Å²) in [5.41, 5.74) is 1.51. The fourth-order valence-electron chi connectivity index (χ4n) is 1.82. The number of sulfonamides is 1. The molecule has 0 unspecified atom stereocenters. The summed E-state index contributed by atoms with van der Waals surface area (Å²) in [6, 6.07) is 12.0. The lowest BCUT2D eigenvalue weighted by Gasteiger charge is -2.12. The van der Waals surface area contributed by atoms with Gasteiger partial charge in [-0.15, -0.1) is 0 Å². The van der Waals surface area contributed by atoms with Crippen LogP contribution in [0.4, 0.5) is 5.69 Å². The quantitative estimate of drug-likeness (QED) is 0.697. The molecule has 112 valence electrons. The maximum Gasteiger partial charge on any atom is 0.261 e. The highest BCUT2D eigenvalue weighted by molar-refractivity contribution is 14.1. The third-order valence-corrected chi connectivity index (χ3v) is 5.50. The summed E-state index contributed by atoms with van der Waals surface area (Å²) < 4.78 is 28.3. The van der Waals surface area contributed by atoms with E-state index in [-0.39, 0.29) is 10.8 Å². The summed E-state index contributed by atoms with van der Waals surface area (Å²) in [6.45, 7) is 4.06. The number of halogens is 2. The average molecular weight is 436 g/mol. The Kier molecular flexibility index (Phi) is 5.16. The van der Waals surface area contributed by atoms with Crippen molar-refractivity contribution in [2.45, 2.75) is 24.7 Å². The molecule has 3 nitrogen and oxygen atoms in total. The zero-order valence-corrected chi connectivity index (χ0v) is 15.3. The van der Waals surface area contributed by atoms with Gasteiger partial charge >= 0.3 is 0 Å². The average Bonchev–Trinajstić information content (AvgIpc) is 2.42. The Morgan fingerprint density at radius 1 is 1.14 bits per heavy atom. The van der Waals surface area contributed by atoms with E-state index in [0.717, 1.165) is 9.13 Å². The SMILES string of the molecule is CC(C)c1cccc(S(=O)(=O)Nc2ccc(Cl)cc2I)c1. The van der Waals surface area contributed by atoms with Gasteiger partial charge in [0.25, 0.3) is 10.0 Å². The van der Waals surface area contributed by atoms with Gasteiger partial charge in [0.05, 0.1) is 10.6 Å². The van der Waals surface area contributed by atoms with E-state index < -0.39 is 10.0 Å². The van der Waals surface area contributed by atoms with Crippen molar-refractivity contribution in [2.24, 2.45) is 0 Å². The van der Waals surface area contributed by atoms with Crippen molar-refractivity contribution in [1.29, 1.82) is 0 Å². The minimum absolute atomic E-state index is 0.263. The predicted molar refractivity (Wildman–Crippen MR) is 95.5 cm³/mol. The highest BCUT2D eigenvalue weighted by Gasteiger charge is 2.16. The zero-order chi connectivity index (χ0) is 15.6. The lowest BCUT2D eigenvalue weighted by Crippen LogP contribution is -2.14. The molecule has 2 rings (SSSR count). The topological polar surface area (TPSA) is 46.2 Å². The molecule has 6 heteroatoms. The van der Waals surface area contributed by atoms with E-state index in [9.17, 15) is 8.42 Å². The molecule has 0 aliphatic rings. The van der Waals surface area contributed by atoms with Crippen molar-refractivity contribution in [3.63, 3.8) is 0 Å². The summed E-state index contributed by atoms with van der Waals surface area (Å²) >= 11 is 7.93. The Morgan fingerprint density at radius 2 is 1.86 bits per heavy atom. The lowest BCUT2D eigenvalue weighted by molar-refractivity contribution is 0.601. The number of hydrogen-bond acceptors (Lipinski definition) is 2. The van der Waals surface area contributed by atoms with Crippen LogP contribution in [0.15, 0.2) is 47.4 Å². The van der Waals surface area contributed by atoms with Gasteiger partial charge in [-0.2, -0.15) is 0 Å². The molecule has 0 saturated carbocycles. The van der Waals surface area contributed by atoms with Crippen LogP contribution >= 0.6 is 34.2 Å². The van der Waals surface area contributed by atoms with E-state index in [1.54, 1.807) is 36.4 Å². The first-order valence-electron chi connectivity index (χ1n) is 6.37. The van der Waals surface area contributed by atoms with Gasteiger partial charge in [0.2, 0.25) is 0 Å². The van der Waals surface area contributed by atoms with E-state index in [0.29, 0.717) is 10.7 Å². The molecule has 2 aromatic carbocycles. The molecule has 0 spiro atoms. The predicted octanol–water partition coefficient (Wildman–Crippen LogP) is 4.87. The molecular formula is C15H15ClINO2S. The molecule has 0 amide bonds. The fourth-order valence-corrected chi connectivity index (χ4v) is 4.14. The van der Waals surface area contributed by atoms with E-state index in [1.807, 2.05) is 19.9 Å². The first kappa shape index (κ1) is 16.6. The first-order valence-corrected chi connectivity index (χ1v) is 9.31. The molecule has 0 fully saturated rings. The van der Waals surface area contributed by atoms with Gasteiger partial charge in [-0.25, -0.2) is 8.42 Å². The summed E-state index contributed by atoms with van der Waals surface area (Å²) in [4.78, 5) is 0.263. The van der Waals surface area contributed by atoms with Crippen LogP contribution in [0.5, 0.6) is 0 Å². The molecule has 0 bridgehead atoms. The van der Waals surface area contributed by atoms with E-state index in [1.165, 1.54) is 0 Å². The van der Waals surface area contributed by atoms with Gasteiger partial charge in [0.15, 0.2) is 0 Å². The van der Waals surface area contributed by atoms with Crippen LogP contribution in [-0.4, -0.2) is 8.42 Å². The maximum absolute atomic E-state index is 12.5. The second kappa shape index (κ2) is 6.54. The maximum atomic E-state index is 12.5. The van der Waals surface area contributed by atoms with E-state index in [4.69, 9.17) is 11.6 Å². The molecule has 0 radical (unpaired) electrons. The number of hydrogen-bond donors (Lipinski definition) is 1. The van der Waals surface area contributed by atoms with Crippen LogP contribution in [0.3, 0.4) is 0 Å². The summed E-state index contributed by atoms with van der Waals surface area (Å²) in [5.74, 6) is 0.274. The van der Waals surface area contributed by atoms with Crippen molar-refractivity contribution >= 4 is 49.9 Å². The van der Waals surface area contributed by atoms with Crippen LogP contribution in [-0.2, 0) is 10.0 Å². The Bertz CT molecular complexity index is 760. The second-order valence-electron chi connectivity index (χ2n) is 4.96. The van der Waals surface area contributed by atoms with Crippen molar-refractivity contribution in [3.05, 3.63) is 56.6 Å². The number of benzene rings is 2. The molecule has 2 aromatic rings. The third kappa shape index (κ3) is 4.11. The molecule has 21 heavy (non-hydrogen) atoms. The first-order chi connectivity index (χ1) is 9.79. The van der Waals surface area contributed by atoms with Gasteiger partial charge in [-0.1, -0.05) is 37.6 Å². The zero-order valence-electron chi connectivity index (χ0n) is 11.6.